The molecule has 2 N–H and O–H groups in total. The summed E-state index contributed by atoms with van der Waals surface area (Å²) in [5, 5.41) is 0. The fraction of sp³-hybridized carbons (Fsp3) is 0.550. The van der Waals surface area contributed by atoms with Gasteiger partial charge in [0.2, 0.25) is 5.91 Å². The fourth-order valence-electron chi connectivity index (χ4n) is 3.05. The van der Waals surface area contributed by atoms with Crippen LogP contribution in [-0.4, -0.2) is 48.5 Å². The smallest absolute Gasteiger partial charge is 0.338 e. The fourth-order valence-corrected chi connectivity index (χ4v) is 3.05. The molecule has 1 heterocycles. The van der Waals surface area contributed by atoms with E-state index in [-0.39, 0.29) is 0 Å². The molecule has 1 fully saturated rings. The molecule has 0 bridgehead atoms. The van der Waals surface area contributed by atoms with Crippen LogP contribution >= 0.6 is 0 Å². The number of amides is 2. The van der Waals surface area contributed by atoms with Gasteiger partial charge < -0.3 is 20.1 Å². The molecular formula is C20H28N2O5. The number of primary amides is 1. The minimum absolute atomic E-state index is 0.341. The molecule has 0 unspecified atom stereocenters. The highest BCUT2D eigenvalue weighted by Gasteiger charge is 2.31. The number of ether oxygens (including phenoxy) is 2. The van der Waals surface area contributed by atoms with E-state index in [1.807, 2.05) is 0 Å². The van der Waals surface area contributed by atoms with Crippen LogP contribution in [0.5, 0.6) is 5.75 Å². The van der Waals surface area contributed by atoms with Gasteiger partial charge in [-0.2, -0.15) is 0 Å². The largest absolute Gasteiger partial charge is 0.494 e. The van der Waals surface area contributed by atoms with Gasteiger partial charge in [0.15, 0.2) is 6.61 Å². The third kappa shape index (κ3) is 6.27. The number of unbranched alkanes of at least 4 members (excludes halogenated alkanes) is 2. The highest BCUT2D eigenvalue weighted by molar-refractivity contribution is 5.92. The molecule has 0 spiro atoms. The summed E-state index contributed by atoms with van der Waals surface area (Å²) < 4.78 is 10.7. The molecule has 1 aliphatic rings. The van der Waals surface area contributed by atoms with E-state index in [4.69, 9.17) is 15.2 Å². The van der Waals surface area contributed by atoms with Crippen molar-refractivity contribution < 1.29 is 23.9 Å². The van der Waals surface area contributed by atoms with E-state index in [9.17, 15) is 14.4 Å². The lowest BCUT2D eigenvalue weighted by atomic mass is 10.0. The van der Waals surface area contributed by atoms with Gasteiger partial charge in [0.1, 0.15) is 11.8 Å². The zero-order chi connectivity index (χ0) is 19.6. The van der Waals surface area contributed by atoms with Crippen LogP contribution in [0.15, 0.2) is 24.3 Å². The maximum atomic E-state index is 12.3. The average Bonchev–Trinajstić information content (AvgIpc) is 2.69. The molecule has 0 aliphatic carbocycles. The molecule has 7 heteroatoms. The van der Waals surface area contributed by atoms with Gasteiger partial charge >= 0.3 is 5.97 Å². The van der Waals surface area contributed by atoms with Gasteiger partial charge in [-0.1, -0.05) is 19.8 Å². The summed E-state index contributed by atoms with van der Waals surface area (Å²) in [6.45, 7) is 2.82. The number of piperidine rings is 1. The van der Waals surface area contributed by atoms with Crippen LogP contribution in [-0.2, 0) is 14.3 Å². The predicted molar refractivity (Wildman–Crippen MR) is 100 cm³/mol. The number of hydrogen-bond donors (Lipinski definition) is 1. The van der Waals surface area contributed by atoms with E-state index >= 15 is 0 Å². The average molecular weight is 376 g/mol. The molecule has 148 valence electrons. The van der Waals surface area contributed by atoms with Crippen LogP contribution in [0.1, 0.15) is 55.8 Å². The lowest BCUT2D eigenvalue weighted by molar-refractivity contribution is -0.143. The van der Waals surface area contributed by atoms with Crippen molar-refractivity contribution in [3.05, 3.63) is 29.8 Å². The zero-order valence-corrected chi connectivity index (χ0v) is 15.8. The van der Waals surface area contributed by atoms with E-state index in [0.29, 0.717) is 30.9 Å². The second kappa shape index (κ2) is 10.5. The molecule has 2 rings (SSSR count). The molecule has 1 atom stereocenters. The molecule has 0 saturated carbocycles. The van der Waals surface area contributed by atoms with Crippen molar-refractivity contribution in [3.8, 4) is 5.75 Å². The summed E-state index contributed by atoms with van der Waals surface area (Å²) in [5.74, 6) is -0.823. The van der Waals surface area contributed by atoms with Crippen molar-refractivity contribution in [2.45, 2.75) is 51.5 Å². The standard InChI is InChI=1S/C20H28N2O5/c1-2-3-6-13-26-16-10-8-15(9-11-16)20(25)27-14-18(23)22-12-5-4-7-17(22)19(21)24/h8-11,17H,2-7,12-14H2,1H3,(H2,21,24)/t17-/m0/s1. The third-order valence-corrected chi connectivity index (χ3v) is 4.58. The highest BCUT2D eigenvalue weighted by Crippen LogP contribution is 2.17. The summed E-state index contributed by atoms with van der Waals surface area (Å²) in [6.07, 6.45) is 5.45. The van der Waals surface area contributed by atoms with Crippen LogP contribution < -0.4 is 10.5 Å². The number of hydrogen-bond acceptors (Lipinski definition) is 5. The van der Waals surface area contributed by atoms with Crippen molar-refractivity contribution in [1.82, 2.24) is 4.90 Å². The summed E-state index contributed by atoms with van der Waals surface area (Å²) in [7, 11) is 0. The first-order valence-electron chi connectivity index (χ1n) is 9.51. The summed E-state index contributed by atoms with van der Waals surface area (Å²) in [4.78, 5) is 37.3. The summed E-state index contributed by atoms with van der Waals surface area (Å²) >= 11 is 0. The number of benzene rings is 1. The molecule has 0 radical (unpaired) electrons. The molecule has 1 aromatic rings. The van der Waals surface area contributed by atoms with Crippen molar-refractivity contribution in [1.29, 1.82) is 0 Å². The van der Waals surface area contributed by atoms with Gasteiger partial charge in [0.25, 0.3) is 5.91 Å². The number of carbonyl (C=O) groups is 3. The molecule has 2 amide bonds. The highest BCUT2D eigenvalue weighted by atomic mass is 16.5. The Hall–Kier alpha value is -2.57. The third-order valence-electron chi connectivity index (χ3n) is 4.58. The van der Waals surface area contributed by atoms with Crippen molar-refractivity contribution in [3.63, 3.8) is 0 Å². The van der Waals surface area contributed by atoms with Gasteiger partial charge in [0.05, 0.1) is 12.2 Å². The first-order valence-corrected chi connectivity index (χ1v) is 9.51. The SMILES string of the molecule is CCCCCOc1ccc(C(=O)OCC(=O)N2CCCC[C@H]2C(N)=O)cc1. The monoisotopic (exact) mass is 376 g/mol. The Morgan fingerprint density at radius 3 is 2.56 bits per heavy atom. The van der Waals surface area contributed by atoms with Crippen molar-refractivity contribution in [2.24, 2.45) is 5.73 Å². The number of nitrogens with zero attached hydrogens (tertiary/aromatic N) is 1. The van der Waals surface area contributed by atoms with Crippen LogP contribution in [0.2, 0.25) is 0 Å². The Morgan fingerprint density at radius 2 is 1.89 bits per heavy atom. The van der Waals surface area contributed by atoms with Gasteiger partial charge in [-0.3, -0.25) is 9.59 Å². The number of carbonyl (C=O) groups excluding carboxylic acids is 3. The first-order chi connectivity index (χ1) is 13.0. The quantitative estimate of drug-likeness (QED) is 0.526. The maximum absolute atomic E-state index is 12.3. The minimum Gasteiger partial charge on any atom is -0.494 e. The minimum atomic E-state index is -0.617. The Kier molecular flexibility index (Phi) is 8.10. The topological polar surface area (TPSA) is 98.9 Å². The number of esters is 1. The Labute approximate surface area is 159 Å². The zero-order valence-electron chi connectivity index (χ0n) is 15.8. The molecule has 1 aliphatic heterocycles. The molecule has 1 aromatic carbocycles. The molecule has 1 saturated heterocycles. The van der Waals surface area contributed by atoms with Gasteiger partial charge in [-0.15, -0.1) is 0 Å². The first kappa shape index (κ1) is 20.7. The second-order valence-corrected chi connectivity index (χ2v) is 6.66. The van der Waals surface area contributed by atoms with Crippen LogP contribution in [0.25, 0.3) is 0 Å². The lowest BCUT2D eigenvalue weighted by Gasteiger charge is -2.33. The van der Waals surface area contributed by atoms with Crippen molar-refractivity contribution in [2.75, 3.05) is 19.8 Å². The Balaban J connectivity index is 1.82. The number of nitrogens with two attached hydrogens (primary N) is 1. The molecule has 27 heavy (non-hydrogen) atoms. The van der Waals surface area contributed by atoms with Crippen LogP contribution in [0.4, 0.5) is 0 Å². The Morgan fingerprint density at radius 1 is 1.15 bits per heavy atom. The predicted octanol–water partition coefficient (Wildman–Crippen LogP) is 2.28. The summed E-state index contributed by atoms with van der Waals surface area (Å²) in [5.41, 5.74) is 5.70. The van der Waals surface area contributed by atoms with Gasteiger partial charge in [0, 0.05) is 6.54 Å². The van der Waals surface area contributed by atoms with E-state index in [0.717, 1.165) is 32.1 Å². The van der Waals surface area contributed by atoms with Gasteiger partial charge in [-0.25, -0.2) is 4.79 Å². The number of likely N-dealkylation sites (tertiary alicyclic amines) is 1. The van der Waals surface area contributed by atoms with E-state index < -0.39 is 30.4 Å². The summed E-state index contributed by atoms with van der Waals surface area (Å²) in [6, 6.07) is 6.01. The van der Waals surface area contributed by atoms with E-state index in [1.165, 1.54) is 4.90 Å². The normalized spacial score (nSPS) is 16.6. The second-order valence-electron chi connectivity index (χ2n) is 6.66. The molecule has 0 aromatic heterocycles. The maximum Gasteiger partial charge on any atom is 0.338 e. The van der Waals surface area contributed by atoms with Crippen molar-refractivity contribution >= 4 is 17.8 Å². The van der Waals surface area contributed by atoms with E-state index in [1.54, 1.807) is 24.3 Å². The molecule has 7 nitrogen and oxygen atoms in total. The number of rotatable bonds is 9. The lowest BCUT2D eigenvalue weighted by Crippen LogP contribution is -2.51. The Bertz CT molecular complexity index is 644. The van der Waals surface area contributed by atoms with E-state index in [2.05, 4.69) is 6.92 Å². The van der Waals surface area contributed by atoms with Gasteiger partial charge in [-0.05, 0) is 49.9 Å². The van der Waals surface area contributed by atoms with Crippen LogP contribution in [0, 0.1) is 0 Å². The molecular weight excluding hydrogens is 348 g/mol. The van der Waals surface area contributed by atoms with Crippen LogP contribution in [0.3, 0.4) is 0 Å².